The molecule has 0 amide bonds. The van der Waals surface area contributed by atoms with Gasteiger partial charge in [0.25, 0.3) is 5.56 Å². The zero-order valence-electron chi connectivity index (χ0n) is 7.07. The van der Waals surface area contributed by atoms with E-state index in [4.69, 9.17) is 0 Å². The van der Waals surface area contributed by atoms with Crippen LogP contribution in [-0.2, 0) is 0 Å². The van der Waals surface area contributed by atoms with Crippen molar-refractivity contribution >= 4 is 15.9 Å². The minimum atomic E-state index is -0.171. The average Bonchev–Trinajstić information content (AvgIpc) is 2.18. The normalized spacial score (nSPS) is 10.1. The Balaban J connectivity index is 2.55. The number of hydrogen-bond acceptors (Lipinski definition) is 3. The Morgan fingerprint density at radius 1 is 1.36 bits per heavy atom. The minimum absolute atomic E-state index is 0.171. The number of nitrogens with one attached hydrogen (secondary N) is 1. The quantitative estimate of drug-likeness (QED) is 0.838. The van der Waals surface area contributed by atoms with Crippen molar-refractivity contribution in [3.8, 4) is 11.4 Å². The third-order valence-electron chi connectivity index (χ3n) is 1.65. The smallest absolute Gasteiger partial charge is 0.251 e. The molecule has 2 rings (SSSR count). The summed E-state index contributed by atoms with van der Waals surface area (Å²) in [6, 6.07) is 3.21. The summed E-state index contributed by atoms with van der Waals surface area (Å²) in [4.78, 5) is 21.7. The molecule has 0 atom stereocenters. The summed E-state index contributed by atoms with van der Waals surface area (Å²) >= 11 is 3.30. The molecule has 0 radical (unpaired) electrons. The Bertz CT molecular complexity index is 509. The van der Waals surface area contributed by atoms with Crippen LogP contribution in [0.1, 0.15) is 0 Å². The van der Waals surface area contributed by atoms with Crippen molar-refractivity contribution in [2.75, 3.05) is 0 Å². The van der Waals surface area contributed by atoms with E-state index in [2.05, 4.69) is 30.9 Å². The van der Waals surface area contributed by atoms with Crippen LogP contribution >= 0.6 is 15.9 Å². The molecule has 0 aromatic carbocycles. The van der Waals surface area contributed by atoms with E-state index in [0.717, 1.165) is 10.0 Å². The van der Waals surface area contributed by atoms with Crippen LogP contribution in [0.4, 0.5) is 0 Å². The van der Waals surface area contributed by atoms with Crippen LogP contribution in [0, 0.1) is 0 Å². The molecule has 5 heteroatoms. The fourth-order valence-electron chi connectivity index (χ4n) is 1.06. The van der Waals surface area contributed by atoms with Crippen LogP contribution in [-0.4, -0.2) is 15.0 Å². The summed E-state index contributed by atoms with van der Waals surface area (Å²) in [5, 5.41) is 0. The molecule has 0 saturated carbocycles. The van der Waals surface area contributed by atoms with Gasteiger partial charge in [0.15, 0.2) is 0 Å². The summed E-state index contributed by atoms with van der Waals surface area (Å²) < 4.78 is 0.849. The molecule has 70 valence electrons. The highest BCUT2D eigenvalue weighted by Crippen LogP contribution is 2.16. The average molecular weight is 252 g/mol. The summed E-state index contributed by atoms with van der Waals surface area (Å²) in [6.07, 6.45) is 4.78. The number of aromatic nitrogens is 3. The van der Waals surface area contributed by atoms with Crippen molar-refractivity contribution < 1.29 is 0 Å². The first-order valence-corrected chi connectivity index (χ1v) is 4.71. The topological polar surface area (TPSA) is 58.6 Å². The number of nitrogens with zero attached hydrogens (tertiary/aromatic N) is 2. The molecule has 2 aromatic rings. The molecular formula is C9H6BrN3O. The lowest BCUT2D eigenvalue weighted by Gasteiger charge is -1.98. The number of halogens is 1. The lowest BCUT2D eigenvalue weighted by atomic mass is 10.3. The fourth-order valence-corrected chi connectivity index (χ4v) is 1.42. The number of rotatable bonds is 1. The van der Waals surface area contributed by atoms with Gasteiger partial charge in [0, 0.05) is 34.7 Å². The highest BCUT2D eigenvalue weighted by molar-refractivity contribution is 9.10. The van der Waals surface area contributed by atoms with Gasteiger partial charge in [-0.05, 0) is 22.0 Å². The number of H-pyrrole nitrogens is 1. The van der Waals surface area contributed by atoms with Crippen LogP contribution in [0.15, 0.2) is 40.0 Å². The van der Waals surface area contributed by atoms with Gasteiger partial charge >= 0.3 is 0 Å². The second-order valence-electron chi connectivity index (χ2n) is 2.67. The lowest BCUT2D eigenvalue weighted by molar-refractivity contribution is 1.12. The zero-order valence-corrected chi connectivity index (χ0v) is 8.65. The Labute approximate surface area is 88.2 Å². The van der Waals surface area contributed by atoms with Gasteiger partial charge in [-0.1, -0.05) is 0 Å². The first-order valence-electron chi connectivity index (χ1n) is 3.92. The van der Waals surface area contributed by atoms with E-state index in [1.54, 1.807) is 12.4 Å². The number of aromatic amines is 1. The third-order valence-corrected chi connectivity index (χ3v) is 2.08. The molecule has 0 fully saturated rings. The molecule has 0 bridgehead atoms. The summed E-state index contributed by atoms with van der Waals surface area (Å²) in [5.41, 5.74) is 0.604. The highest BCUT2D eigenvalue weighted by atomic mass is 79.9. The SMILES string of the molecule is O=c1ccnc(-c2cncc(Br)c2)[nH]1. The van der Waals surface area contributed by atoms with Crippen molar-refractivity contribution in [3.63, 3.8) is 0 Å². The zero-order chi connectivity index (χ0) is 9.97. The third kappa shape index (κ3) is 1.88. The Kier molecular flexibility index (Phi) is 2.41. The molecule has 0 aliphatic carbocycles. The minimum Gasteiger partial charge on any atom is -0.306 e. The van der Waals surface area contributed by atoms with E-state index in [1.165, 1.54) is 12.3 Å². The van der Waals surface area contributed by atoms with Gasteiger partial charge in [-0.2, -0.15) is 0 Å². The Hall–Kier alpha value is -1.49. The van der Waals surface area contributed by atoms with Gasteiger partial charge in [-0.15, -0.1) is 0 Å². The van der Waals surface area contributed by atoms with Crippen molar-refractivity contribution in [2.45, 2.75) is 0 Å². The molecule has 1 N–H and O–H groups in total. The van der Waals surface area contributed by atoms with E-state index < -0.39 is 0 Å². The fraction of sp³-hybridized carbons (Fsp3) is 0. The maximum absolute atomic E-state index is 11.0. The van der Waals surface area contributed by atoms with Gasteiger partial charge in [-0.3, -0.25) is 9.78 Å². The maximum Gasteiger partial charge on any atom is 0.251 e. The standard InChI is InChI=1S/C9H6BrN3O/c10-7-3-6(4-11-5-7)9-12-2-1-8(14)13-9/h1-5H,(H,12,13,14). The van der Waals surface area contributed by atoms with Gasteiger partial charge < -0.3 is 4.98 Å². The van der Waals surface area contributed by atoms with Gasteiger partial charge in [0.2, 0.25) is 0 Å². The maximum atomic E-state index is 11.0. The summed E-state index contributed by atoms with van der Waals surface area (Å²) in [6.45, 7) is 0. The molecule has 0 unspecified atom stereocenters. The molecule has 4 nitrogen and oxygen atoms in total. The molecule has 0 saturated heterocycles. The van der Waals surface area contributed by atoms with Crippen molar-refractivity contribution in [2.24, 2.45) is 0 Å². The van der Waals surface area contributed by atoms with Gasteiger partial charge in [0.1, 0.15) is 5.82 Å². The van der Waals surface area contributed by atoms with Crippen molar-refractivity contribution in [1.82, 2.24) is 15.0 Å². The Morgan fingerprint density at radius 2 is 2.21 bits per heavy atom. The molecule has 0 aliphatic rings. The van der Waals surface area contributed by atoms with E-state index in [-0.39, 0.29) is 5.56 Å². The predicted molar refractivity (Wildman–Crippen MR) is 55.8 cm³/mol. The largest absolute Gasteiger partial charge is 0.306 e. The van der Waals surface area contributed by atoms with E-state index in [0.29, 0.717) is 5.82 Å². The van der Waals surface area contributed by atoms with Crippen LogP contribution in [0.3, 0.4) is 0 Å². The van der Waals surface area contributed by atoms with E-state index in [9.17, 15) is 4.79 Å². The summed E-state index contributed by atoms with van der Waals surface area (Å²) in [5.74, 6) is 0.520. The van der Waals surface area contributed by atoms with Crippen molar-refractivity contribution in [1.29, 1.82) is 0 Å². The van der Waals surface area contributed by atoms with Gasteiger partial charge in [0.05, 0.1) is 0 Å². The van der Waals surface area contributed by atoms with Crippen LogP contribution in [0.5, 0.6) is 0 Å². The molecular weight excluding hydrogens is 246 g/mol. The van der Waals surface area contributed by atoms with Crippen LogP contribution in [0.2, 0.25) is 0 Å². The number of pyridine rings is 1. The van der Waals surface area contributed by atoms with Crippen LogP contribution in [0.25, 0.3) is 11.4 Å². The highest BCUT2D eigenvalue weighted by Gasteiger charge is 2.00. The number of hydrogen-bond donors (Lipinski definition) is 1. The molecule has 2 aromatic heterocycles. The van der Waals surface area contributed by atoms with Crippen molar-refractivity contribution in [3.05, 3.63) is 45.5 Å². The molecule has 2 heterocycles. The van der Waals surface area contributed by atoms with Gasteiger partial charge in [-0.25, -0.2) is 4.98 Å². The van der Waals surface area contributed by atoms with Crippen LogP contribution < -0.4 is 5.56 Å². The lowest BCUT2D eigenvalue weighted by Crippen LogP contribution is -2.05. The molecule has 0 aliphatic heterocycles. The first kappa shape index (κ1) is 9.08. The monoisotopic (exact) mass is 251 g/mol. The first-order chi connectivity index (χ1) is 6.75. The second kappa shape index (κ2) is 3.71. The summed E-state index contributed by atoms with van der Waals surface area (Å²) in [7, 11) is 0. The molecule has 0 spiro atoms. The van der Waals surface area contributed by atoms with E-state index in [1.807, 2.05) is 6.07 Å². The molecule has 14 heavy (non-hydrogen) atoms. The van der Waals surface area contributed by atoms with E-state index >= 15 is 0 Å². The Morgan fingerprint density at radius 3 is 2.93 bits per heavy atom. The predicted octanol–water partition coefficient (Wildman–Crippen LogP) is 1.59. The second-order valence-corrected chi connectivity index (χ2v) is 3.59.